The molecule has 2 aromatic rings. The fraction of sp³-hybridized carbons (Fsp3) is 0.250. The van der Waals surface area contributed by atoms with Gasteiger partial charge in [-0.1, -0.05) is 29.8 Å². The average molecular weight is 292 g/mol. The molecule has 0 saturated heterocycles. The van der Waals surface area contributed by atoms with Gasteiger partial charge in [-0.05, 0) is 43.7 Å². The standard InChI is InChI=1S/C16H18ClNO2/c1-3-19-15-6-4-5-7-16(15)20-14-9-8-12(11(2)18)10-13(14)17/h4-11H,3,18H2,1-2H3. The monoisotopic (exact) mass is 291 g/mol. The van der Waals surface area contributed by atoms with Gasteiger partial charge in [0.05, 0.1) is 11.6 Å². The van der Waals surface area contributed by atoms with E-state index in [0.29, 0.717) is 28.9 Å². The Kier molecular flexibility index (Phi) is 4.88. The van der Waals surface area contributed by atoms with Crippen molar-refractivity contribution in [3.63, 3.8) is 0 Å². The maximum absolute atomic E-state index is 6.23. The van der Waals surface area contributed by atoms with E-state index < -0.39 is 0 Å². The van der Waals surface area contributed by atoms with Gasteiger partial charge in [-0.3, -0.25) is 0 Å². The average Bonchev–Trinajstić information content (AvgIpc) is 2.43. The van der Waals surface area contributed by atoms with Crippen LogP contribution in [0.2, 0.25) is 5.02 Å². The quantitative estimate of drug-likeness (QED) is 0.879. The highest BCUT2D eigenvalue weighted by Crippen LogP contribution is 2.35. The summed E-state index contributed by atoms with van der Waals surface area (Å²) in [6.45, 7) is 4.43. The van der Waals surface area contributed by atoms with E-state index in [1.807, 2.05) is 56.3 Å². The Labute approximate surface area is 124 Å². The summed E-state index contributed by atoms with van der Waals surface area (Å²) < 4.78 is 11.4. The summed E-state index contributed by atoms with van der Waals surface area (Å²) >= 11 is 6.23. The highest BCUT2D eigenvalue weighted by atomic mass is 35.5. The Balaban J connectivity index is 2.26. The van der Waals surface area contributed by atoms with Gasteiger partial charge in [-0.25, -0.2) is 0 Å². The summed E-state index contributed by atoms with van der Waals surface area (Å²) in [7, 11) is 0. The summed E-state index contributed by atoms with van der Waals surface area (Å²) in [5.74, 6) is 1.93. The second-order valence-electron chi connectivity index (χ2n) is 4.46. The summed E-state index contributed by atoms with van der Waals surface area (Å²) in [6, 6.07) is 13.0. The maximum atomic E-state index is 6.23. The van der Waals surface area contributed by atoms with Crippen molar-refractivity contribution in [1.29, 1.82) is 0 Å². The molecule has 0 fully saturated rings. The minimum Gasteiger partial charge on any atom is -0.490 e. The Morgan fingerprint density at radius 1 is 1.10 bits per heavy atom. The predicted molar refractivity (Wildman–Crippen MR) is 81.7 cm³/mol. The number of benzene rings is 2. The highest BCUT2D eigenvalue weighted by molar-refractivity contribution is 6.32. The SMILES string of the molecule is CCOc1ccccc1Oc1ccc(C(C)N)cc1Cl. The normalized spacial score (nSPS) is 12.0. The van der Waals surface area contributed by atoms with Crippen LogP contribution in [0.3, 0.4) is 0 Å². The van der Waals surface area contributed by atoms with Gasteiger partial charge >= 0.3 is 0 Å². The lowest BCUT2D eigenvalue weighted by atomic mass is 10.1. The van der Waals surface area contributed by atoms with Crippen LogP contribution < -0.4 is 15.2 Å². The van der Waals surface area contributed by atoms with E-state index in [2.05, 4.69) is 0 Å². The van der Waals surface area contributed by atoms with Gasteiger partial charge in [0, 0.05) is 6.04 Å². The van der Waals surface area contributed by atoms with Gasteiger partial charge in [0.1, 0.15) is 5.75 Å². The molecule has 0 aliphatic rings. The molecule has 0 heterocycles. The molecular formula is C16H18ClNO2. The van der Waals surface area contributed by atoms with Crippen molar-refractivity contribution >= 4 is 11.6 Å². The van der Waals surface area contributed by atoms with E-state index in [-0.39, 0.29) is 6.04 Å². The van der Waals surface area contributed by atoms with Crippen LogP contribution in [-0.4, -0.2) is 6.61 Å². The van der Waals surface area contributed by atoms with E-state index in [1.54, 1.807) is 0 Å². The first-order valence-electron chi connectivity index (χ1n) is 6.56. The molecule has 0 aromatic heterocycles. The zero-order valence-corrected chi connectivity index (χ0v) is 12.4. The number of halogens is 1. The van der Waals surface area contributed by atoms with Crippen molar-refractivity contribution in [2.24, 2.45) is 5.73 Å². The molecule has 0 aliphatic carbocycles. The number of nitrogens with two attached hydrogens (primary N) is 1. The molecule has 0 spiro atoms. The predicted octanol–water partition coefficient (Wildman–Crippen LogP) is 4.55. The zero-order chi connectivity index (χ0) is 14.5. The van der Waals surface area contributed by atoms with Crippen LogP contribution in [0.15, 0.2) is 42.5 Å². The van der Waals surface area contributed by atoms with Crippen LogP contribution in [0.1, 0.15) is 25.5 Å². The molecule has 20 heavy (non-hydrogen) atoms. The van der Waals surface area contributed by atoms with Crippen molar-refractivity contribution in [1.82, 2.24) is 0 Å². The number of hydrogen-bond donors (Lipinski definition) is 1. The maximum Gasteiger partial charge on any atom is 0.169 e. The Bertz CT molecular complexity index is 584. The number of hydrogen-bond acceptors (Lipinski definition) is 3. The van der Waals surface area contributed by atoms with E-state index in [0.717, 1.165) is 5.56 Å². The van der Waals surface area contributed by atoms with Gasteiger partial charge in [0.25, 0.3) is 0 Å². The largest absolute Gasteiger partial charge is 0.490 e. The minimum absolute atomic E-state index is 0.0581. The highest BCUT2D eigenvalue weighted by Gasteiger charge is 2.10. The summed E-state index contributed by atoms with van der Waals surface area (Å²) in [6.07, 6.45) is 0. The van der Waals surface area contributed by atoms with Crippen molar-refractivity contribution in [2.45, 2.75) is 19.9 Å². The third-order valence-electron chi connectivity index (χ3n) is 2.85. The lowest BCUT2D eigenvalue weighted by Crippen LogP contribution is -2.04. The molecule has 0 aliphatic heterocycles. The molecule has 1 unspecified atom stereocenters. The lowest BCUT2D eigenvalue weighted by molar-refractivity contribution is 0.321. The van der Waals surface area contributed by atoms with Crippen LogP contribution in [0.5, 0.6) is 17.2 Å². The molecule has 4 heteroatoms. The van der Waals surface area contributed by atoms with E-state index in [1.165, 1.54) is 0 Å². The van der Waals surface area contributed by atoms with Gasteiger partial charge in [0.2, 0.25) is 0 Å². The Hall–Kier alpha value is -1.71. The van der Waals surface area contributed by atoms with Gasteiger partial charge in [-0.15, -0.1) is 0 Å². The van der Waals surface area contributed by atoms with Crippen molar-refractivity contribution in [2.75, 3.05) is 6.61 Å². The molecule has 106 valence electrons. The summed E-state index contributed by atoms with van der Waals surface area (Å²) in [5, 5.41) is 0.533. The van der Waals surface area contributed by atoms with Gasteiger partial charge in [0.15, 0.2) is 11.5 Å². The van der Waals surface area contributed by atoms with Crippen LogP contribution in [0, 0.1) is 0 Å². The smallest absolute Gasteiger partial charge is 0.169 e. The molecule has 0 radical (unpaired) electrons. The number of ether oxygens (including phenoxy) is 2. The minimum atomic E-state index is -0.0581. The van der Waals surface area contributed by atoms with Gasteiger partial charge < -0.3 is 15.2 Å². The molecule has 0 bridgehead atoms. The van der Waals surface area contributed by atoms with Crippen molar-refractivity contribution < 1.29 is 9.47 Å². The second-order valence-corrected chi connectivity index (χ2v) is 4.87. The first-order valence-corrected chi connectivity index (χ1v) is 6.94. The molecule has 3 nitrogen and oxygen atoms in total. The van der Waals surface area contributed by atoms with E-state index in [4.69, 9.17) is 26.8 Å². The summed E-state index contributed by atoms with van der Waals surface area (Å²) in [4.78, 5) is 0. The molecule has 2 rings (SSSR count). The molecular weight excluding hydrogens is 274 g/mol. The summed E-state index contributed by atoms with van der Waals surface area (Å²) in [5.41, 5.74) is 6.80. The third kappa shape index (κ3) is 3.44. The Morgan fingerprint density at radius 2 is 1.80 bits per heavy atom. The number of rotatable bonds is 5. The molecule has 0 amide bonds. The Morgan fingerprint density at radius 3 is 2.40 bits per heavy atom. The van der Waals surface area contributed by atoms with E-state index >= 15 is 0 Å². The van der Waals surface area contributed by atoms with E-state index in [9.17, 15) is 0 Å². The molecule has 1 atom stereocenters. The topological polar surface area (TPSA) is 44.5 Å². The van der Waals surface area contributed by atoms with Gasteiger partial charge in [-0.2, -0.15) is 0 Å². The third-order valence-corrected chi connectivity index (χ3v) is 3.15. The first kappa shape index (κ1) is 14.7. The fourth-order valence-electron chi connectivity index (χ4n) is 1.81. The second kappa shape index (κ2) is 6.64. The first-order chi connectivity index (χ1) is 9.61. The lowest BCUT2D eigenvalue weighted by Gasteiger charge is -2.13. The van der Waals surface area contributed by atoms with Crippen LogP contribution in [0.25, 0.3) is 0 Å². The van der Waals surface area contributed by atoms with Crippen LogP contribution >= 0.6 is 11.6 Å². The number of para-hydroxylation sites is 2. The van der Waals surface area contributed by atoms with Crippen LogP contribution in [-0.2, 0) is 0 Å². The van der Waals surface area contributed by atoms with Crippen molar-refractivity contribution in [3.05, 3.63) is 53.1 Å². The molecule has 2 aromatic carbocycles. The van der Waals surface area contributed by atoms with Crippen molar-refractivity contribution in [3.8, 4) is 17.2 Å². The molecule has 0 saturated carbocycles. The zero-order valence-electron chi connectivity index (χ0n) is 11.6. The van der Waals surface area contributed by atoms with Crippen LogP contribution in [0.4, 0.5) is 0 Å². The molecule has 2 N–H and O–H groups in total. The fourth-order valence-corrected chi connectivity index (χ4v) is 2.04.